The first kappa shape index (κ1) is 15.5. The van der Waals surface area contributed by atoms with Crippen molar-refractivity contribution in [2.75, 3.05) is 13.2 Å². The summed E-state index contributed by atoms with van der Waals surface area (Å²) in [5.41, 5.74) is 0.166. The first-order chi connectivity index (χ1) is 8.01. The predicted octanol–water partition coefficient (Wildman–Crippen LogP) is 1.81. The third kappa shape index (κ3) is 7.38. The van der Waals surface area contributed by atoms with Crippen molar-refractivity contribution in [3.05, 3.63) is 11.8 Å². The van der Waals surface area contributed by atoms with Crippen molar-refractivity contribution in [2.24, 2.45) is 0 Å². The molecule has 0 rings (SSSR count). The minimum absolute atomic E-state index is 0.0679. The largest absolute Gasteiger partial charge is 0.498 e. The number of ether oxygens (including phenoxy) is 3. The van der Waals surface area contributed by atoms with E-state index >= 15 is 0 Å². The number of rotatable bonds is 7. The number of carbonyl (C=O) groups is 2. The lowest BCUT2D eigenvalue weighted by Gasteiger charge is -2.09. The van der Waals surface area contributed by atoms with Gasteiger partial charge < -0.3 is 14.2 Å². The average molecular weight is 244 g/mol. The Morgan fingerprint density at radius 3 is 2.18 bits per heavy atom. The van der Waals surface area contributed by atoms with Crippen molar-refractivity contribution >= 4 is 11.9 Å². The Morgan fingerprint density at radius 1 is 1.12 bits per heavy atom. The lowest BCUT2D eigenvalue weighted by molar-refractivity contribution is -0.146. The van der Waals surface area contributed by atoms with Gasteiger partial charge >= 0.3 is 11.9 Å². The SMILES string of the molecule is CCOC(=O)CC(=COC(C)C)C(=O)OCC. The highest BCUT2D eigenvalue weighted by molar-refractivity contribution is 5.93. The lowest BCUT2D eigenvalue weighted by atomic mass is 10.2. The molecule has 0 heterocycles. The van der Waals surface area contributed by atoms with E-state index in [1.807, 2.05) is 13.8 Å². The fraction of sp³-hybridized carbons (Fsp3) is 0.667. The molecular formula is C12H20O5. The van der Waals surface area contributed by atoms with Crippen molar-refractivity contribution < 1.29 is 23.8 Å². The highest BCUT2D eigenvalue weighted by atomic mass is 16.5. The normalized spacial score (nSPS) is 11.2. The van der Waals surface area contributed by atoms with Crippen LogP contribution < -0.4 is 0 Å². The zero-order valence-corrected chi connectivity index (χ0v) is 10.8. The average Bonchev–Trinajstić information content (AvgIpc) is 2.24. The van der Waals surface area contributed by atoms with E-state index in [9.17, 15) is 9.59 Å². The fourth-order valence-electron chi connectivity index (χ4n) is 0.971. The Morgan fingerprint density at radius 2 is 1.71 bits per heavy atom. The minimum Gasteiger partial charge on any atom is -0.498 e. The Labute approximate surface area is 102 Å². The smallest absolute Gasteiger partial charge is 0.337 e. The maximum Gasteiger partial charge on any atom is 0.337 e. The van der Waals surface area contributed by atoms with Crippen LogP contribution in [0.3, 0.4) is 0 Å². The number of carbonyl (C=O) groups excluding carboxylic acids is 2. The van der Waals surface area contributed by atoms with Crippen LogP contribution in [-0.2, 0) is 23.8 Å². The third-order valence-electron chi connectivity index (χ3n) is 1.66. The summed E-state index contributed by atoms with van der Waals surface area (Å²) >= 11 is 0. The van der Waals surface area contributed by atoms with Gasteiger partial charge in [0.2, 0.25) is 0 Å². The summed E-state index contributed by atoms with van der Waals surface area (Å²) in [4.78, 5) is 22.8. The zero-order valence-electron chi connectivity index (χ0n) is 10.8. The van der Waals surface area contributed by atoms with Crippen LogP contribution in [0.2, 0.25) is 0 Å². The lowest BCUT2D eigenvalue weighted by Crippen LogP contribution is -2.14. The molecule has 0 aromatic heterocycles. The van der Waals surface area contributed by atoms with Gasteiger partial charge in [-0.2, -0.15) is 0 Å². The van der Waals surface area contributed by atoms with E-state index in [0.29, 0.717) is 0 Å². The molecule has 0 saturated carbocycles. The summed E-state index contributed by atoms with van der Waals surface area (Å²) in [5.74, 6) is -1.03. The van der Waals surface area contributed by atoms with Gasteiger partial charge in [-0.1, -0.05) is 0 Å². The zero-order chi connectivity index (χ0) is 13.3. The molecule has 0 atom stereocenters. The van der Waals surface area contributed by atoms with Crippen LogP contribution >= 0.6 is 0 Å². The predicted molar refractivity (Wildman–Crippen MR) is 62.2 cm³/mol. The highest BCUT2D eigenvalue weighted by Crippen LogP contribution is 2.08. The molecule has 0 aliphatic heterocycles. The monoisotopic (exact) mass is 244 g/mol. The van der Waals surface area contributed by atoms with Crippen LogP contribution in [0.15, 0.2) is 11.8 Å². The summed E-state index contributed by atoms with van der Waals surface area (Å²) in [7, 11) is 0. The summed E-state index contributed by atoms with van der Waals surface area (Å²) in [6.45, 7) is 7.58. The van der Waals surface area contributed by atoms with Gasteiger partial charge in [0, 0.05) is 0 Å². The second-order valence-electron chi connectivity index (χ2n) is 3.53. The van der Waals surface area contributed by atoms with Gasteiger partial charge in [-0.25, -0.2) is 4.79 Å². The van der Waals surface area contributed by atoms with E-state index in [0.717, 1.165) is 0 Å². The van der Waals surface area contributed by atoms with E-state index < -0.39 is 11.9 Å². The molecule has 0 N–H and O–H groups in total. The molecule has 0 spiro atoms. The molecule has 5 nitrogen and oxygen atoms in total. The molecule has 0 bridgehead atoms. The summed E-state index contributed by atoms with van der Waals surface area (Å²) < 4.78 is 14.8. The molecule has 0 unspecified atom stereocenters. The molecule has 17 heavy (non-hydrogen) atoms. The summed E-state index contributed by atoms with van der Waals surface area (Å²) in [5, 5.41) is 0. The van der Waals surface area contributed by atoms with Crippen molar-refractivity contribution in [3.8, 4) is 0 Å². The molecule has 0 saturated heterocycles. The molecule has 5 heteroatoms. The van der Waals surface area contributed by atoms with E-state index in [-0.39, 0.29) is 31.3 Å². The van der Waals surface area contributed by atoms with Crippen LogP contribution in [0.5, 0.6) is 0 Å². The molecule has 0 aliphatic rings. The second-order valence-corrected chi connectivity index (χ2v) is 3.53. The summed E-state index contributed by atoms with van der Waals surface area (Å²) in [6, 6.07) is 0. The molecule has 0 aromatic carbocycles. The van der Waals surface area contributed by atoms with Crippen LogP contribution in [0.25, 0.3) is 0 Å². The topological polar surface area (TPSA) is 61.8 Å². The van der Waals surface area contributed by atoms with E-state index in [1.54, 1.807) is 13.8 Å². The Hall–Kier alpha value is -1.52. The van der Waals surface area contributed by atoms with Crippen molar-refractivity contribution in [1.82, 2.24) is 0 Å². The Balaban J connectivity index is 4.55. The van der Waals surface area contributed by atoms with Crippen molar-refractivity contribution in [3.63, 3.8) is 0 Å². The maximum absolute atomic E-state index is 11.5. The van der Waals surface area contributed by atoms with Crippen LogP contribution in [0.1, 0.15) is 34.1 Å². The minimum atomic E-state index is -0.554. The third-order valence-corrected chi connectivity index (χ3v) is 1.66. The number of hydrogen-bond acceptors (Lipinski definition) is 5. The molecular weight excluding hydrogens is 224 g/mol. The van der Waals surface area contributed by atoms with Crippen molar-refractivity contribution in [1.29, 1.82) is 0 Å². The van der Waals surface area contributed by atoms with Crippen molar-refractivity contribution in [2.45, 2.75) is 40.2 Å². The quantitative estimate of drug-likeness (QED) is 0.388. The summed E-state index contributed by atoms with van der Waals surface area (Å²) in [6.07, 6.45) is 1.06. The van der Waals surface area contributed by atoms with Crippen LogP contribution in [-0.4, -0.2) is 31.3 Å². The van der Waals surface area contributed by atoms with Crippen LogP contribution in [0, 0.1) is 0 Å². The number of hydrogen-bond donors (Lipinski definition) is 0. The van der Waals surface area contributed by atoms with E-state index in [4.69, 9.17) is 14.2 Å². The first-order valence-electron chi connectivity index (χ1n) is 5.68. The Bertz CT molecular complexity index is 281. The van der Waals surface area contributed by atoms with Gasteiger partial charge in [0.15, 0.2) is 0 Å². The molecule has 98 valence electrons. The van der Waals surface area contributed by atoms with E-state index in [1.165, 1.54) is 6.26 Å². The molecule has 0 amide bonds. The Kier molecular flexibility index (Phi) is 7.84. The van der Waals surface area contributed by atoms with Gasteiger partial charge in [0.05, 0.1) is 37.6 Å². The van der Waals surface area contributed by atoms with Gasteiger partial charge in [0.1, 0.15) is 0 Å². The first-order valence-corrected chi connectivity index (χ1v) is 5.68. The van der Waals surface area contributed by atoms with Crippen LogP contribution in [0.4, 0.5) is 0 Å². The number of esters is 2. The molecule has 0 aliphatic carbocycles. The highest BCUT2D eigenvalue weighted by Gasteiger charge is 2.16. The second kappa shape index (κ2) is 8.61. The maximum atomic E-state index is 11.5. The standard InChI is InChI=1S/C12H20O5/c1-5-15-11(13)7-10(8-17-9(3)4)12(14)16-6-2/h8-9H,5-7H2,1-4H3. The van der Waals surface area contributed by atoms with E-state index in [2.05, 4.69) is 0 Å². The van der Waals surface area contributed by atoms with Gasteiger partial charge in [-0.3, -0.25) is 4.79 Å². The molecule has 0 fully saturated rings. The van der Waals surface area contributed by atoms with Gasteiger partial charge in [-0.15, -0.1) is 0 Å². The molecule has 0 radical (unpaired) electrons. The van der Waals surface area contributed by atoms with Gasteiger partial charge in [0.25, 0.3) is 0 Å². The fourth-order valence-corrected chi connectivity index (χ4v) is 0.971. The molecule has 0 aromatic rings. The van der Waals surface area contributed by atoms with Gasteiger partial charge in [-0.05, 0) is 27.7 Å².